The molecule has 2 fully saturated rings. The fourth-order valence-electron chi connectivity index (χ4n) is 17.7. The van der Waals surface area contributed by atoms with Crippen molar-refractivity contribution in [1.29, 1.82) is 0 Å². The van der Waals surface area contributed by atoms with Crippen LogP contribution >= 0.6 is 23.1 Å². The lowest BCUT2D eigenvalue weighted by Gasteiger charge is -2.32. The molecule has 0 saturated carbocycles. The van der Waals surface area contributed by atoms with Crippen LogP contribution in [0.25, 0.3) is 21.0 Å². The van der Waals surface area contributed by atoms with E-state index in [9.17, 15) is 58.5 Å². The molecule has 4 aromatic heterocycles. The first kappa shape index (κ1) is 104. The normalized spacial score (nSPS) is 24.9. The number of tetrazole rings is 1. The quantitative estimate of drug-likeness (QED) is 0.0391. The van der Waals surface area contributed by atoms with Crippen LogP contribution in [0.1, 0.15) is 184 Å². The molecule has 3 aliphatic rings. The Labute approximate surface area is 784 Å². The van der Waals surface area contributed by atoms with Crippen molar-refractivity contribution in [2.24, 2.45) is 40.9 Å². The number of imidazole rings is 1. The number of ketones is 4. The van der Waals surface area contributed by atoms with E-state index in [4.69, 9.17) is 17.2 Å². The number of H-pyrrole nitrogens is 2. The smallest absolute Gasteiger partial charge is 0.248 e. The number of aromatic nitrogens is 7. The first-order valence-corrected chi connectivity index (χ1v) is 47.8. The number of nitrogens with zero attached hydrogens (tertiary/aromatic N) is 9. The van der Waals surface area contributed by atoms with Gasteiger partial charge in [0, 0.05) is 129 Å². The third-order valence-electron chi connectivity index (χ3n) is 25.1. The molecule has 15 atom stereocenters. The molecule has 0 radical (unpaired) electrons. The van der Waals surface area contributed by atoms with E-state index >= 15 is 33.6 Å². The molecule has 724 valence electrons. The number of aromatic amines is 2. The van der Waals surface area contributed by atoms with Crippen LogP contribution < -0.4 is 49.1 Å². The first-order valence-electron chi connectivity index (χ1n) is 45.8. The van der Waals surface area contributed by atoms with E-state index in [2.05, 4.69) is 62.4 Å². The van der Waals surface area contributed by atoms with Gasteiger partial charge in [-0.1, -0.05) is 102 Å². The zero-order chi connectivity index (χ0) is 97.1. The van der Waals surface area contributed by atoms with Crippen molar-refractivity contribution in [2.75, 3.05) is 58.4 Å². The standard InChI is InChI=1S/C93H126N20O19S2/c1-8-10-22-73-88(127)101-68(21-16-30-94)86(125)105-72(85(124)99-45-82(96)122)50-133-49-64(117)36-57(33-54-26-28-62(115)29-27-54)90(129)109(6)53(5)84(123)103-71(42-81(95)121)91(130)111-31-17-24-74(111)89(128)102-69(40-61-44-97-51-100-61)87(126)104-70(32-52(3)4)92(131)112-46-63(116)41-76(112)79(120)37-55(34-58-43-98-67-20-14-12-18-65(58)67)77(118)39-59(47-114)78(119)38-56(35-60-48-134-80-25-15-13-19-66(60)80)83-106-107-108-113(83)75(23-11-9-2)93(132)110(73)7/h12-15,18-20,25-29,43-44,48,51-53,55-57,59,63,68-76,98,114-116H,8-11,16-17,21-24,30-42,45-47,49-50,94H2,1-7H3,(H2,95,121)(H2,96,122)(H,97,100)(H,99,124)(H,101,127)(H,102,128)(H,103,123)(H,104,126)(H,105,125)/t53-,55+,56+,57+,59-,63+,68-,69-,70-,71-,72-,73-,74-,75-,76-/m0/s1. The fourth-order valence-corrected chi connectivity index (χ4v) is 19.6. The van der Waals surface area contributed by atoms with Gasteiger partial charge in [-0.05, 0) is 146 Å². The Kier molecular flexibility index (Phi) is 38.5. The third-order valence-corrected chi connectivity index (χ3v) is 27.2. The van der Waals surface area contributed by atoms with Crippen molar-refractivity contribution in [1.82, 2.24) is 86.7 Å². The Bertz CT molecular complexity index is 5300. The number of nitrogens with one attached hydrogen (secondary N) is 8. The number of Topliss-reactive ketones (excluding diaryl/α,β-unsaturated/α-hetero) is 4. The van der Waals surface area contributed by atoms with E-state index in [1.807, 2.05) is 61.7 Å². The summed E-state index contributed by atoms with van der Waals surface area (Å²) in [6.07, 6.45) is 1.98. The Morgan fingerprint density at radius 3 is 1.96 bits per heavy atom. The summed E-state index contributed by atoms with van der Waals surface area (Å²) in [6, 6.07) is 6.26. The summed E-state index contributed by atoms with van der Waals surface area (Å²) in [5.74, 6) is -18.8. The molecule has 17 N–H and O–H groups in total. The topological polar surface area (TPSA) is 585 Å². The van der Waals surface area contributed by atoms with Crippen LogP contribution in [0.4, 0.5) is 0 Å². The van der Waals surface area contributed by atoms with Gasteiger partial charge in [-0.25, -0.2) is 9.67 Å². The Hall–Kier alpha value is -12.2. The van der Waals surface area contributed by atoms with Gasteiger partial charge in [0.05, 0.1) is 43.8 Å². The first-order chi connectivity index (χ1) is 64.1. The van der Waals surface area contributed by atoms with E-state index in [0.717, 1.165) is 42.6 Å². The monoisotopic (exact) mass is 1890 g/mol. The maximum absolute atomic E-state index is 15.8. The van der Waals surface area contributed by atoms with Crippen LogP contribution in [0.15, 0.2) is 96.9 Å². The van der Waals surface area contributed by atoms with Crippen LogP contribution in [0.2, 0.25) is 0 Å². The summed E-state index contributed by atoms with van der Waals surface area (Å²) in [5, 5.41) is 66.0. The maximum Gasteiger partial charge on any atom is 0.248 e. The van der Waals surface area contributed by atoms with Gasteiger partial charge in [0.2, 0.25) is 70.9 Å². The van der Waals surface area contributed by atoms with Gasteiger partial charge < -0.3 is 94.0 Å². The number of hydrogen-bond acceptors (Lipinski definition) is 26. The summed E-state index contributed by atoms with van der Waals surface area (Å²) >= 11 is 2.31. The zero-order valence-electron chi connectivity index (χ0n) is 76.7. The van der Waals surface area contributed by atoms with E-state index in [0.29, 0.717) is 48.0 Å². The highest BCUT2D eigenvalue weighted by molar-refractivity contribution is 8.00. The predicted molar refractivity (Wildman–Crippen MR) is 497 cm³/mol. The number of unbranched alkanes of at least 4 members (excludes halogenated alkanes) is 2. The van der Waals surface area contributed by atoms with Gasteiger partial charge in [0.15, 0.2) is 11.6 Å². The summed E-state index contributed by atoms with van der Waals surface area (Å²) in [7, 11) is 2.71. The molecule has 0 spiro atoms. The number of phenolic OH excluding ortho intramolecular Hbond substituents is 1. The van der Waals surface area contributed by atoms with Crippen LogP contribution in [0, 0.1) is 23.7 Å². The van der Waals surface area contributed by atoms with Crippen molar-refractivity contribution in [3.63, 3.8) is 0 Å². The molecule has 12 amide bonds. The van der Waals surface area contributed by atoms with Gasteiger partial charge in [-0.2, -0.15) is 11.8 Å². The molecule has 0 unspecified atom stereocenters. The van der Waals surface area contributed by atoms with Crippen LogP contribution in [-0.2, 0) is 102 Å². The average molecular weight is 1890 g/mol. The zero-order valence-corrected chi connectivity index (χ0v) is 78.4. The number of hydrogen-bond donors (Lipinski definition) is 14. The van der Waals surface area contributed by atoms with E-state index in [1.165, 1.54) is 83.6 Å². The second-order valence-corrected chi connectivity index (χ2v) is 37.5. The lowest BCUT2D eigenvalue weighted by molar-refractivity contribution is -0.146. The van der Waals surface area contributed by atoms with E-state index in [1.54, 1.807) is 26.1 Å². The van der Waals surface area contributed by atoms with Crippen molar-refractivity contribution >= 4 is 138 Å². The van der Waals surface area contributed by atoms with Gasteiger partial charge in [0.1, 0.15) is 77.5 Å². The van der Waals surface area contributed by atoms with Gasteiger partial charge in [-0.15, -0.1) is 16.4 Å². The number of carbonyl (C=O) groups excluding carboxylic acids is 16. The van der Waals surface area contributed by atoms with Crippen LogP contribution in [-0.4, -0.2) is 283 Å². The maximum atomic E-state index is 15.8. The molecule has 3 aromatic carbocycles. The number of carbonyl (C=O) groups is 16. The summed E-state index contributed by atoms with van der Waals surface area (Å²) in [4.78, 5) is 251. The molecular formula is C93H126N20O19S2. The number of aliphatic hydroxyl groups excluding tert-OH is 2. The highest BCUT2D eigenvalue weighted by atomic mass is 32.2. The number of phenols is 1. The van der Waals surface area contributed by atoms with Crippen molar-refractivity contribution in [3.05, 3.63) is 125 Å². The second kappa shape index (κ2) is 49.7. The lowest BCUT2D eigenvalue weighted by atomic mass is 9.82. The fraction of sp³-hybridized carbons (Fsp3) is 0.548. The number of thiophene rings is 1. The van der Waals surface area contributed by atoms with E-state index in [-0.39, 0.29) is 120 Å². The molecule has 7 heterocycles. The minimum Gasteiger partial charge on any atom is -0.508 e. The molecule has 3 aliphatic heterocycles. The number of primary amides is 2. The highest BCUT2D eigenvalue weighted by Gasteiger charge is 2.47. The molecule has 39 nitrogen and oxygen atoms in total. The summed E-state index contributed by atoms with van der Waals surface area (Å²) < 4.78 is 2.26. The molecule has 0 aliphatic carbocycles. The summed E-state index contributed by atoms with van der Waals surface area (Å²) in [5.41, 5.74) is 20.2. The van der Waals surface area contributed by atoms with Crippen molar-refractivity contribution in [3.8, 4) is 5.75 Å². The molecule has 2 saturated heterocycles. The number of nitrogens with two attached hydrogens (primary N) is 3. The number of benzene rings is 3. The lowest BCUT2D eigenvalue weighted by Crippen LogP contribution is -2.60. The van der Waals surface area contributed by atoms with E-state index < -0.39 is 235 Å². The Balaban J connectivity index is 1.02. The number of aromatic hydroxyl groups is 1. The Morgan fingerprint density at radius 2 is 1.28 bits per heavy atom. The molecule has 7 aromatic rings. The number of para-hydroxylation sites is 1. The highest BCUT2D eigenvalue weighted by Crippen LogP contribution is 2.37. The summed E-state index contributed by atoms with van der Waals surface area (Å²) in [6.45, 7) is 6.72. The van der Waals surface area contributed by atoms with Crippen molar-refractivity contribution in [2.45, 2.75) is 242 Å². The van der Waals surface area contributed by atoms with Gasteiger partial charge >= 0.3 is 0 Å². The molecule has 0 bridgehead atoms. The minimum absolute atomic E-state index is 0.0112. The molecular weight excluding hydrogens is 1770 g/mol. The van der Waals surface area contributed by atoms with Crippen LogP contribution in [0.3, 0.4) is 0 Å². The third kappa shape index (κ3) is 28.0. The van der Waals surface area contributed by atoms with Gasteiger partial charge in [0.25, 0.3) is 0 Å². The molecule has 134 heavy (non-hydrogen) atoms. The van der Waals surface area contributed by atoms with Crippen molar-refractivity contribution < 1.29 is 92.0 Å². The number of aliphatic hydroxyl groups is 2. The van der Waals surface area contributed by atoms with Crippen LogP contribution in [0.5, 0.6) is 5.75 Å². The molecule has 41 heteroatoms. The second-order valence-electron chi connectivity index (χ2n) is 35.6. The number of amides is 12. The molecule has 10 rings (SSSR count). The largest absolute Gasteiger partial charge is 0.508 e. The number of thioether (sulfide) groups is 1. The average Bonchev–Trinajstić information content (AvgIpc) is 1.59. The number of fused-ring (bicyclic) bond motifs is 5. The number of rotatable bonds is 25. The minimum atomic E-state index is -1.75. The predicted octanol–water partition coefficient (Wildman–Crippen LogP) is 2.51. The van der Waals surface area contributed by atoms with Gasteiger partial charge in [-0.3, -0.25) is 76.7 Å². The Morgan fingerprint density at radius 1 is 0.627 bits per heavy atom. The number of likely N-dealkylation sites (N-methyl/N-ethyl adjacent to an activating group) is 2. The SMILES string of the molecule is CCCC[C@H]1C(=O)N[C@@H](CCCN)C(=O)N[C@H](C(=O)NCC(N)=O)CSCC(=O)C[C@@H](Cc2ccc(O)cc2)C(=O)N(C)[C@@H](C)C(=O)N[C@@H](CC(N)=O)C(=O)N2CCC[C@H]2C(=O)N[C@@H](Cc2cnc[nH]2)C(=O)N[C@@H](CC(C)C)C(=O)N2C[C@H](O)C[C@H]2C(=O)C[C@@H](Cc2c[nH]c3ccccc23)C(=O)C[C@@H](CO)C(=O)C[C@@H](Cc2csc3ccccc23)c2nnnn2[C@@H](CCCC)C(=O)N1C.